The maximum Gasteiger partial charge on any atom is 0.0934 e. The van der Waals surface area contributed by atoms with Crippen molar-refractivity contribution in [3.05, 3.63) is 31.1 Å². The molecule has 13 heavy (non-hydrogen) atoms. The average Bonchev–Trinajstić information content (AvgIpc) is 2.02. The first-order valence-electron chi connectivity index (χ1n) is 3.59. The van der Waals surface area contributed by atoms with E-state index in [9.17, 15) is 5.11 Å². The van der Waals surface area contributed by atoms with Crippen LogP contribution in [0.3, 0.4) is 0 Å². The molecule has 1 aromatic rings. The van der Waals surface area contributed by atoms with Crippen LogP contribution < -0.4 is 5.73 Å². The van der Waals surface area contributed by atoms with Gasteiger partial charge in [0.05, 0.1) is 6.10 Å². The number of rotatable bonds is 2. The van der Waals surface area contributed by atoms with Crippen LogP contribution in [-0.4, -0.2) is 11.7 Å². The molecule has 5 heteroatoms. The van der Waals surface area contributed by atoms with E-state index in [0.29, 0.717) is 0 Å². The molecule has 0 heterocycles. The molecular formula is C8H8Br3NO. The summed E-state index contributed by atoms with van der Waals surface area (Å²) < 4.78 is 2.62. The Balaban J connectivity index is 3.20. The fraction of sp³-hybridized carbons (Fsp3) is 0.250. The molecule has 1 unspecified atom stereocenters. The predicted molar refractivity (Wildman–Crippen MR) is 63.6 cm³/mol. The second kappa shape index (κ2) is 4.89. The lowest BCUT2D eigenvalue weighted by Gasteiger charge is -2.13. The van der Waals surface area contributed by atoms with Crippen LogP contribution in [0.5, 0.6) is 0 Å². The highest BCUT2D eigenvalue weighted by Gasteiger charge is 2.13. The molecular weight excluding hydrogens is 366 g/mol. The maximum atomic E-state index is 9.58. The fourth-order valence-electron chi connectivity index (χ4n) is 0.990. The topological polar surface area (TPSA) is 46.2 Å². The van der Waals surface area contributed by atoms with Gasteiger partial charge in [0, 0.05) is 25.5 Å². The summed E-state index contributed by atoms with van der Waals surface area (Å²) in [7, 11) is 0. The largest absolute Gasteiger partial charge is 0.387 e. The molecule has 1 rings (SSSR count). The number of aliphatic hydroxyl groups is 1. The Morgan fingerprint density at radius 3 is 2.08 bits per heavy atom. The second-order valence-electron chi connectivity index (χ2n) is 2.53. The molecule has 0 saturated carbocycles. The van der Waals surface area contributed by atoms with Crippen LogP contribution in [0.2, 0.25) is 0 Å². The van der Waals surface area contributed by atoms with Gasteiger partial charge in [-0.3, -0.25) is 0 Å². The van der Waals surface area contributed by atoms with Gasteiger partial charge in [-0.2, -0.15) is 0 Å². The Bertz CT molecular complexity index is 293. The first-order valence-corrected chi connectivity index (χ1v) is 5.96. The molecule has 0 aliphatic heterocycles. The molecule has 72 valence electrons. The van der Waals surface area contributed by atoms with E-state index >= 15 is 0 Å². The van der Waals surface area contributed by atoms with Gasteiger partial charge >= 0.3 is 0 Å². The zero-order valence-electron chi connectivity index (χ0n) is 6.60. The summed E-state index contributed by atoms with van der Waals surface area (Å²) in [5, 5.41) is 9.58. The Morgan fingerprint density at radius 2 is 1.69 bits per heavy atom. The van der Waals surface area contributed by atoms with Crippen LogP contribution in [0.1, 0.15) is 11.7 Å². The highest BCUT2D eigenvalue weighted by molar-refractivity contribution is 9.11. The van der Waals surface area contributed by atoms with Crippen LogP contribution in [0.15, 0.2) is 25.6 Å². The molecule has 0 aliphatic carbocycles. The number of benzene rings is 1. The van der Waals surface area contributed by atoms with Crippen LogP contribution >= 0.6 is 47.8 Å². The summed E-state index contributed by atoms with van der Waals surface area (Å²) in [6.07, 6.45) is -0.642. The SMILES string of the molecule is NCC(O)c1c(Br)cc(Br)cc1Br. The molecule has 0 aromatic heterocycles. The summed E-state index contributed by atoms with van der Waals surface area (Å²) in [5.41, 5.74) is 6.16. The summed E-state index contributed by atoms with van der Waals surface area (Å²) >= 11 is 10.1. The predicted octanol–water partition coefficient (Wildman–Crippen LogP) is 2.97. The van der Waals surface area contributed by atoms with Gasteiger partial charge in [0.1, 0.15) is 0 Å². The normalized spacial score (nSPS) is 13.0. The Kier molecular flexibility index (Phi) is 4.38. The van der Waals surface area contributed by atoms with Crippen molar-refractivity contribution < 1.29 is 5.11 Å². The van der Waals surface area contributed by atoms with Gasteiger partial charge in [-0.15, -0.1) is 0 Å². The van der Waals surface area contributed by atoms with Gasteiger partial charge in [-0.1, -0.05) is 47.8 Å². The molecule has 1 atom stereocenters. The number of aliphatic hydroxyl groups excluding tert-OH is 1. The van der Waals surface area contributed by atoms with E-state index in [2.05, 4.69) is 47.8 Å². The maximum absolute atomic E-state index is 9.58. The fourth-order valence-corrected chi connectivity index (χ4v) is 3.78. The average molecular weight is 374 g/mol. The van der Waals surface area contributed by atoms with Crippen LogP contribution in [0.4, 0.5) is 0 Å². The molecule has 0 fully saturated rings. The number of halogens is 3. The third-order valence-corrected chi connectivity index (χ3v) is 3.37. The van der Waals surface area contributed by atoms with E-state index in [1.807, 2.05) is 12.1 Å². The van der Waals surface area contributed by atoms with Crippen LogP contribution in [0, 0.1) is 0 Å². The van der Waals surface area contributed by atoms with Crippen molar-refractivity contribution in [2.75, 3.05) is 6.54 Å². The monoisotopic (exact) mass is 371 g/mol. The molecule has 0 saturated heterocycles. The molecule has 0 spiro atoms. The van der Waals surface area contributed by atoms with Crippen LogP contribution in [0.25, 0.3) is 0 Å². The quantitative estimate of drug-likeness (QED) is 0.837. The molecule has 0 bridgehead atoms. The molecule has 0 aliphatic rings. The Labute approximate surface area is 102 Å². The third-order valence-electron chi connectivity index (χ3n) is 1.60. The van der Waals surface area contributed by atoms with E-state index in [1.165, 1.54) is 0 Å². The van der Waals surface area contributed by atoms with E-state index in [4.69, 9.17) is 5.73 Å². The summed E-state index contributed by atoms with van der Waals surface area (Å²) in [4.78, 5) is 0. The van der Waals surface area contributed by atoms with E-state index in [-0.39, 0.29) is 6.54 Å². The van der Waals surface area contributed by atoms with Crippen molar-refractivity contribution in [1.82, 2.24) is 0 Å². The van der Waals surface area contributed by atoms with Crippen molar-refractivity contribution >= 4 is 47.8 Å². The zero-order chi connectivity index (χ0) is 10.0. The van der Waals surface area contributed by atoms with Crippen molar-refractivity contribution in [1.29, 1.82) is 0 Å². The molecule has 1 aromatic carbocycles. The smallest absolute Gasteiger partial charge is 0.0934 e. The molecule has 0 amide bonds. The second-order valence-corrected chi connectivity index (χ2v) is 5.16. The van der Waals surface area contributed by atoms with Gasteiger partial charge in [0.15, 0.2) is 0 Å². The first-order chi connectivity index (χ1) is 6.06. The van der Waals surface area contributed by atoms with Crippen molar-refractivity contribution in [3.63, 3.8) is 0 Å². The van der Waals surface area contributed by atoms with Crippen molar-refractivity contribution in [2.24, 2.45) is 5.73 Å². The van der Waals surface area contributed by atoms with Gasteiger partial charge in [0.25, 0.3) is 0 Å². The molecule has 2 nitrogen and oxygen atoms in total. The van der Waals surface area contributed by atoms with Crippen LogP contribution in [-0.2, 0) is 0 Å². The molecule has 0 radical (unpaired) electrons. The van der Waals surface area contributed by atoms with Crippen molar-refractivity contribution in [2.45, 2.75) is 6.10 Å². The zero-order valence-corrected chi connectivity index (χ0v) is 11.4. The Hall–Kier alpha value is 0.580. The minimum Gasteiger partial charge on any atom is -0.387 e. The van der Waals surface area contributed by atoms with Gasteiger partial charge in [-0.25, -0.2) is 0 Å². The third kappa shape index (κ3) is 2.76. The number of hydrogen-bond acceptors (Lipinski definition) is 2. The minimum absolute atomic E-state index is 0.207. The summed E-state index contributed by atoms with van der Waals surface area (Å²) in [6.45, 7) is 0.207. The lowest BCUT2D eigenvalue weighted by Crippen LogP contribution is -2.12. The number of nitrogens with two attached hydrogens (primary N) is 1. The Morgan fingerprint density at radius 1 is 1.23 bits per heavy atom. The molecule has 3 N–H and O–H groups in total. The first kappa shape index (κ1) is 11.7. The highest BCUT2D eigenvalue weighted by Crippen LogP contribution is 2.33. The number of hydrogen-bond donors (Lipinski definition) is 2. The lowest BCUT2D eigenvalue weighted by molar-refractivity contribution is 0.185. The van der Waals surface area contributed by atoms with Gasteiger partial charge in [0.2, 0.25) is 0 Å². The van der Waals surface area contributed by atoms with Crippen molar-refractivity contribution in [3.8, 4) is 0 Å². The minimum atomic E-state index is -0.642. The summed E-state index contributed by atoms with van der Waals surface area (Å²) in [5.74, 6) is 0. The van der Waals surface area contributed by atoms with Gasteiger partial charge < -0.3 is 10.8 Å². The standard InChI is InChI=1S/C8H8Br3NO/c9-4-1-5(10)8(6(11)2-4)7(13)3-12/h1-2,7,13H,3,12H2. The van der Waals surface area contributed by atoms with E-state index in [0.717, 1.165) is 19.0 Å². The van der Waals surface area contributed by atoms with E-state index in [1.54, 1.807) is 0 Å². The lowest BCUT2D eigenvalue weighted by atomic mass is 10.1. The van der Waals surface area contributed by atoms with Gasteiger partial charge in [-0.05, 0) is 12.1 Å². The van der Waals surface area contributed by atoms with E-state index < -0.39 is 6.10 Å². The highest BCUT2D eigenvalue weighted by atomic mass is 79.9. The summed E-state index contributed by atoms with van der Waals surface area (Å²) in [6, 6.07) is 3.75.